The Labute approximate surface area is 158 Å². The lowest BCUT2D eigenvalue weighted by Gasteiger charge is -2.36. The molecule has 0 aliphatic carbocycles. The number of piperazine rings is 1. The second kappa shape index (κ2) is 9.32. The molecule has 2 heterocycles. The number of aromatic nitrogens is 1. The minimum Gasteiger partial charge on any atom is -0.385 e. The maximum atomic E-state index is 13.9. The number of ether oxygens (including phenoxy) is 1. The minimum atomic E-state index is -0.226. The van der Waals surface area contributed by atoms with Gasteiger partial charge >= 0.3 is 0 Å². The number of carbonyl (C=O) groups is 1. The van der Waals surface area contributed by atoms with Crippen LogP contribution in [0.5, 0.6) is 0 Å². The maximum Gasteiger partial charge on any atom is 0.254 e. The molecule has 1 saturated heterocycles. The van der Waals surface area contributed by atoms with Crippen LogP contribution in [0.3, 0.4) is 0 Å². The van der Waals surface area contributed by atoms with E-state index in [9.17, 15) is 9.18 Å². The van der Waals surface area contributed by atoms with Crippen molar-refractivity contribution in [3.63, 3.8) is 0 Å². The number of pyridine rings is 1. The van der Waals surface area contributed by atoms with Crippen molar-refractivity contribution < 1.29 is 13.9 Å². The number of anilines is 2. The first-order chi connectivity index (χ1) is 13.2. The lowest BCUT2D eigenvalue weighted by molar-refractivity contribution is 0.0746. The average molecular weight is 372 g/mol. The zero-order valence-corrected chi connectivity index (χ0v) is 15.5. The van der Waals surface area contributed by atoms with E-state index >= 15 is 0 Å². The highest BCUT2D eigenvalue weighted by molar-refractivity contribution is 5.95. The summed E-state index contributed by atoms with van der Waals surface area (Å²) in [7, 11) is 1.67. The summed E-state index contributed by atoms with van der Waals surface area (Å²) in [4.78, 5) is 20.8. The van der Waals surface area contributed by atoms with Crippen molar-refractivity contribution in [3.05, 3.63) is 54.0 Å². The summed E-state index contributed by atoms with van der Waals surface area (Å²) >= 11 is 0. The molecule has 2 aromatic rings. The van der Waals surface area contributed by atoms with Gasteiger partial charge in [0.15, 0.2) is 0 Å². The molecule has 0 saturated carbocycles. The van der Waals surface area contributed by atoms with E-state index in [0.29, 0.717) is 49.9 Å². The molecular formula is C20H25FN4O2. The molecule has 27 heavy (non-hydrogen) atoms. The molecule has 1 aromatic carbocycles. The number of nitrogens with zero attached hydrogens (tertiary/aromatic N) is 3. The molecule has 1 N–H and O–H groups in total. The monoisotopic (exact) mass is 372 g/mol. The van der Waals surface area contributed by atoms with Gasteiger partial charge in [-0.2, -0.15) is 0 Å². The molecule has 0 radical (unpaired) electrons. The molecule has 0 bridgehead atoms. The van der Waals surface area contributed by atoms with Gasteiger partial charge in [0.1, 0.15) is 11.6 Å². The van der Waals surface area contributed by atoms with E-state index in [1.165, 1.54) is 6.07 Å². The number of amides is 1. The Hall–Kier alpha value is -2.67. The van der Waals surface area contributed by atoms with Gasteiger partial charge in [0, 0.05) is 58.2 Å². The molecule has 0 atom stereocenters. The van der Waals surface area contributed by atoms with Gasteiger partial charge in [-0.15, -0.1) is 0 Å². The summed E-state index contributed by atoms with van der Waals surface area (Å²) in [5, 5.41) is 3.20. The number of benzene rings is 1. The summed E-state index contributed by atoms with van der Waals surface area (Å²) in [5.74, 6) is 0.433. The van der Waals surface area contributed by atoms with Crippen LogP contribution in [-0.2, 0) is 4.74 Å². The zero-order chi connectivity index (χ0) is 19.1. The second-order valence-corrected chi connectivity index (χ2v) is 6.43. The second-order valence-electron chi connectivity index (χ2n) is 6.43. The molecule has 7 heteroatoms. The number of rotatable bonds is 7. The molecule has 1 aromatic heterocycles. The number of hydrogen-bond acceptors (Lipinski definition) is 5. The third kappa shape index (κ3) is 4.95. The number of hydrogen-bond donors (Lipinski definition) is 1. The highest BCUT2D eigenvalue weighted by atomic mass is 19.1. The van der Waals surface area contributed by atoms with Gasteiger partial charge in [-0.3, -0.25) is 4.79 Å². The van der Waals surface area contributed by atoms with E-state index in [0.717, 1.165) is 13.0 Å². The predicted octanol–water partition coefficient (Wildman–Crippen LogP) is 2.63. The first kappa shape index (κ1) is 19.1. The van der Waals surface area contributed by atoms with Crippen LogP contribution in [0.25, 0.3) is 0 Å². The highest BCUT2D eigenvalue weighted by Gasteiger charge is 2.23. The summed E-state index contributed by atoms with van der Waals surface area (Å²) < 4.78 is 19.0. The third-order valence-electron chi connectivity index (χ3n) is 4.60. The van der Waals surface area contributed by atoms with E-state index in [1.807, 2.05) is 11.0 Å². The zero-order valence-electron chi connectivity index (χ0n) is 15.5. The Morgan fingerprint density at radius 3 is 2.74 bits per heavy atom. The quantitative estimate of drug-likeness (QED) is 0.757. The third-order valence-corrected chi connectivity index (χ3v) is 4.60. The van der Waals surface area contributed by atoms with E-state index in [-0.39, 0.29) is 11.7 Å². The molecule has 1 aliphatic rings. The van der Waals surface area contributed by atoms with E-state index < -0.39 is 0 Å². The number of methoxy groups -OCH3 is 1. The van der Waals surface area contributed by atoms with Crippen molar-refractivity contribution in [3.8, 4) is 0 Å². The minimum absolute atomic E-state index is 0.0227. The van der Waals surface area contributed by atoms with Gasteiger partial charge in [-0.05, 0) is 30.7 Å². The number of para-hydroxylation sites is 1. The van der Waals surface area contributed by atoms with Gasteiger partial charge in [-0.25, -0.2) is 9.37 Å². The summed E-state index contributed by atoms with van der Waals surface area (Å²) in [5.41, 5.74) is 1.20. The molecule has 1 fully saturated rings. The van der Waals surface area contributed by atoms with Crippen LogP contribution >= 0.6 is 0 Å². The number of carbonyl (C=O) groups excluding carboxylic acids is 1. The van der Waals surface area contributed by atoms with Gasteiger partial charge < -0.3 is 19.9 Å². The van der Waals surface area contributed by atoms with Gasteiger partial charge in [0.25, 0.3) is 5.91 Å². The Morgan fingerprint density at radius 2 is 2.00 bits per heavy atom. The average Bonchev–Trinajstić information content (AvgIpc) is 2.71. The lowest BCUT2D eigenvalue weighted by Crippen LogP contribution is -2.49. The summed E-state index contributed by atoms with van der Waals surface area (Å²) in [6.45, 7) is 3.76. The molecular weight excluding hydrogens is 347 g/mol. The van der Waals surface area contributed by atoms with Crippen LogP contribution in [0.4, 0.5) is 15.9 Å². The topological polar surface area (TPSA) is 57.7 Å². The largest absolute Gasteiger partial charge is 0.385 e. The van der Waals surface area contributed by atoms with Crippen molar-refractivity contribution >= 4 is 17.4 Å². The molecule has 1 aliphatic heterocycles. The Balaban J connectivity index is 1.57. The molecule has 144 valence electrons. The van der Waals surface area contributed by atoms with E-state index in [1.54, 1.807) is 42.5 Å². The molecule has 6 nitrogen and oxygen atoms in total. The number of halogens is 1. The fourth-order valence-electron chi connectivity index (χ4n) is 3.13. The van der Waals surface area contributed by atoms with Crippen molar-refractivity contribution in [2.75, 3.05) is 56.7 Å². The SMILES string of the molecule is COCCCNc1cc(C(=O)N2CCN(c3ccccc3F)CC2)ccn1. The first-order valence-electron chi connectivity index (χ1n) is 9.16. The standard InChI is InChI=1S/C20H25FN4O2/c1-27-14-4-8-22-19-15-16(7-9-23-19)20(26)25-12-10-24(11-13-25)18-6-3-2-5-17(18)21/h2-3,5-7,9,15H,4,8,10-14H2,1H3,(H,22,23). The van der Waals surface area contributed by atoms with Crippen molar-refractivity contribution in [1.82, 2.24) is 9.88 Å². The van der Waals surface area contributed by atoms with Crippen LogP contribution in [0.1, 0.15) is 16.8 Å². The molecule has 1 amide bonds. The van der Waals surface area contributed by atoms with Gasteiger partial charge in [0.05, 0.1) is 5.69 Å². The van der Waals surface area contributed by atoms with Crippen molar-refractivity contribution in [1.29, 1.82) is 0 Å². The lowest BCUT2D eigenvalue weighted by atomic mass is 10.2. The molecule has 0 unspecified atom stereocenters. The Morgan fingerprint density at radius 1 is 1.22 bits per heavy atom. The molecule has 0 spiro atoms. The smallest absolute Gasteiger partial charge is 0.254 e. The van der Waals surface area contributed by atoms with E-state index in [4.69, 9.17) is 4.74 Å². The van der Waals surface area contributed by atoms with Crippen LogP contribution in [0, 0.1) is 5.82 Å². The Bertz CT molecular complexity index is 763. The first-order valence-corrected chi connectivity index (χ1v) is 9.16. The van der Waals surface area contributed by atoms with Crippen LogP contribution < -0.4 is 10.2 Å². The van der Waals surface area contributed by atoms with Gasteiger partial charge in [-0.1, -0.05) is 12.1 Å². The summed E-state index contributed by atoms with van der Waals surface area (Å²) in [6.07, 6.45) is 2.51. The van der Waals surface area contributed by atoms with Crippen LogP contribution in [-0.4, -0.2) is 62.2 Å². The molecule has 3 rings (SSSR count). The Kier molecular flexibility index (Phi) is 6.59. The number of nitrogens with one attached hydrogen (secondary N) is 1. The fourth-order valence-corrected chi connectivity index (χ4v) is 3.13. The van der Waals surface area contributed by atoms with Crippen molar-refractivity contribution in [2.45, 2.75) is 6.42 Å². The van der Waals surface area contributed by atoms with Crippen molar-refractivity contribution in [2.24, 2.45) is 0 Å². The highest BCUT2D eigenvalue weighted by Crippen LogP contribution is 2.21. The fraction of sp³-hybridized carbons (Fsp3) is 0.400. The normalized spacial score (nSPS) is 14.3. The van der Waals surface area contributed by atoms with E-state index in [2.05, 4.69) is 10.3 Å². The summed E-state index contributed by atoms with van der Waals surface area (Å²) in [6, 6.07) is 10.3. The van der Waals surface area contributed by atoms with Gasteiger partial charge in [0.2, 0.25) is 0 Å². The van der Waals surface area contributed by atoms with Crippen LogP contribution in [0.15, 0.2) is 42.6 Å². The van der Waals surface area contributed by atoms with Crippen LogP contribution in [0.2, 0.25) is 0 Å². The maximum absolute atomic E-state index is 13.9. The predicted molar refractivity (Wildman–Crippen MR) is 104 cm³/mol.